The number of amides is 3. The van der Waals surface area contributed by atoms with E-state index in [9.17, 15) is 18.8 Å². The van der Waals surface area contributed by atoms with Crippen molar-refractivity contribution >= 4 is 34.8 Å². The first-order valence-electron chi connectivity index (χ1n) is 10.9. The minimum atomic E-state index is -0.560. The van der Waals surface area contributed by atoms with Gasteiger partial charge in [-0.3, -0.25) is 14.4 Å². The highest BCUT2D eigenvalue weighted by molar-refractivity contribution is 6.07. The molecule has 1 saturated carbocycles. The molecule has 1 fully saturated rings. The lowest BCUT2D eigenvalue weighted by molar-refractivity contribution is -0.118. The van der Waals surface area contributed by atoms with Crippen molar-refractivity contribution in [3.05, 3.63) is 83.7 Å². The highest BCUT2D eigenvalue weighted by atomic mass is 19.1. The van der Waals surface area contributed by atoms with Crippen molar-refractivity contribution in [3.63, 3.8) is 0 Å². The van der Waals surface area contributed by atoms with Gasteiger partial charge >= 0.3 is 0 Å². The lowest BCUT2D eigenvalue weighted by Crippen LogP contribution is -2.22. The zero-order chi connectivity index (χ0) is 24.1. The summed E-state index contributed by atoms with van der Waals surface area (Å²) in [6.45, 7) is 1.44. The van der Waals surface area contributed by atoms with E-state index in [4.69, 9.17) is 4.74 Å². The fourth-order valence-electron chi connectivity index (χ4n) is 3.29. The van der Waals surface area contributed by atoms with Crippen molar-refractivity contribution in [1.29, 1.82) is 0 Å². The van der Waals surface area contributed by atoms with Gasteiger partial charge in [-0.05, 0) is 61.7 Å². The van der Waals surface area contributed by atoms with Gasteiger partial charge in [-0.2, -0.15) is 0 Å². The smallest absolute Gasteiger partial charge is 0.262 e. The van der Waals surface area contributed by atoms with Crippen LogP contribution in [0.15, 0.2) is 66.7 Å². The molecule has 0 spiro atoms. The number of benzene rings is 3. The minimum Gasteiger partial charge on any atom is -0.483 e. The normalized spacial score (nSPS) is 12.5. The van der Waals surface area contributed by atoms with E-state index >= 15 is 0 Å². The Hall–Kier alpha value is -4.20. The molecule has 4 rings (SSSR count). The summed E-state index contributed by atoms with van der Waals surface area (Å²) in [6.07, 6.45) is 1.80. The molecule has 7 nitrogen and oxygen atoms in total. The van der Waals surface area contributed by atoms with Crippen LogP contribution in [0.3, 0.4) is 0 Å². The molecule has 0 saturated heterocycles. The van der Waals surface area contributed by atoms with Crippen molar-refractivity contribution in [3.8, 4) is 5.75 Å². The predicted octanol–water partition coefficient (Wildman–Crippen LogP) is 4.75. The number of para-hydroxylation sites is 2. The molecule has 1 aliphatic carbocycles. The monoisotopic (exact) mass is 461 g/mol. The fourth-order valence-corrected chi connectivity index (χ4v) is 3.29. The van der Waals surface area contributed by atoms with Crippen molar-refractivity contribution in [2.45, 2.75) is 19.8 Å². The largest absolute Gasteiger partial charge is 0.483 e. The van der Waals surface area contributed by atoms with Crippen LogP contribution in [0.1, 0.15) is 28.8 Å². The van der Waals surface area contributed by atoms with Gasteiger partial charge in [0, 0.05) is 17.3 Å². The average molecular weight is 461 g/mol. The molecule has 0 atom stereocenters. The highest BCUT2D eigenvalue weighted by Crippen LogP contribution is 2.31. The molecule has 0 aromatic heterocycles. The van der Waals surface area contributed by atoms with Crippen LogP contribution in [0.4, 0.5) is 21.5 Å². The number of rotatable bonds is 8. The third-order valence-corrected chi connectivity index (χ3v) is 5.34. The number of carbonyl (C=O) groups excluding carboxylic acids is 3. The van der Waals surface area contributed by atoms with E-state index < -0.39 is 24.2 Å². The van der Waals surface area contributed by atoms with Crippen molar-refractivity contribution in [2.24, 2.45) is 5.92 Å². The molecule has 0 aliphatic heterocycles. The van der Waals surface area contributed by atoms with Crippen LogP contribution in [0, 0.1) is 18.7 Å². The summed E-state index contributed by atoms with van der Waals surface area (Å²) in [5, 5.41) is 8.14. The molecule has 3 aromatic carbocycles. The molecule has 34 heavy (non-hydrogen) atoms. The van der Waals surface area contributed by atoms with E-state index in [0.717, 1.165) is 18.4 Å². The number of aryl methyl sites for hydroxylation is 1. The van der Waals surface area contributed by atoms with Gasteiger partial charge in [-0.15, -0.1) is 0 Å². The predicted molar refractivity (Wildman–Crippen MR) is 127 cm³/mol. The number of ether oxygens (including phenoxy) is 1. The van der Waals surface area contributed by atoms with Crippen LogP contribution in [0.25, 0.3) is 0 Å². The molecule has 8 heteroatoms. The maximum absolute atomic E-state index is 13.7. The molecule has 0 unspecified atom stereocenters. The third kappa shape index (κ3) is 5.78. The first kappa shape index (κ1) is 23.0. The zero-order valence-corrected chi connectivity index (χ0v) is 18.6. The minimum absolute atomic E-state index is 0.0199. The van der Waals surface area contributed by atoms with Crippen molar-refractivity contribution in [1.82, 2.24) is 0 Å². The van der Waals surface area contributed by atoms with E-state index in [2.05, 4.69) is 16.0 Å². The van der Waals surface area contributed by atoms with Crippen LogP contribution in [0.2, 0.25) is 0 Å². The Bertz CT molecular complexity index is 1240. The molecule has 1 aliphatic rings. The van der Waals surface area contributed by atoms with E-state index in [1.165, 1.54) is 18.2 Å². The second-order valence-corrected chi connectivity index (χ2v) is 8.06. The molecule has 0 bridgehead atoms. The van der Waals surface area contributed by atoms with E-state index in [1.807, 2.05) is 13.0 Å². The lowest BCUT2D eigenvalue weighted by atomic mass is 10.1. The summed E-state index contributed by atoms with van der Waals surface area (Å²) in [6, 6.07) is 17.6. The average Bonchev–Trinajstić information content (AvgIpc) is 3.67. The summed E-state index contributed by atoms with van der Waals surface area (Å²) in [5.41, 5.74) is 2.25. The SMILES string of the molecule is Cc1ccc(NC(=O)C2CC2)cc1NC(=O)c1ccccc1OCC(=O)Nc1ccccc1F. The molecule has 3 amide bonds. The summed E-state index contributed by atoms with van der Waals surface area (Å²) in [4.78, 5) is 37.2. The molecule has 0 heterocycles. The Morgan fingerprint density at radius 1 is 0.912 bits per heavy atom. The Morgan fingerprint density at radius 2 is 1.65 bits per heavy atom. The molecule has 174 valence electrons. The Labute approximate surface area is 196 Å². The number of hydrogen-bond acceptors (Lipinski definition) is 4. The number of nitrogens with one attached hydrogen (secondary N) is 3. The lowest BCUT2D eigenvalue weighted by Gasteiger charge is -2.14. The van der Waals surface area contributed by atoms with E-state index in [1.54, 1.807) is 42.5 Å². The number of carbonyl (C=O) groups is 3. The van der Waals surface area contributed by atoms with Crippen LogP contribution in [-0.2, 0) is 9.59 Å². The summed E-state index contributed by atoms with van der Waals surface area (Å²) >= 11 is 0. The molecule has 3 aromatic rings. The number of anilines is 3. The summed E-state index contributed by atoms with van der Waals surface area (Å²) < 4.78 is 19.3. The molecule has 0 radical (unpaired) electrons. The van der Waals surface area contributed by atoms with Gasteiger partial charge < -0.3 is 20.7 Å². The Morgan fingerprint density at radius 3 is 2.41 bits per heavy atom. The van der Waals surface area contributed by atoms with Gasteiger partial charge in [-0.1, -0.05) is 30.3 Å². The zero-order valence-electron chi connectivity index (χ0n) is 18.6. The van der Waals surface area contributed by atoms with Gasteiger partial charge in [0.15, 0.2) is 6.61 Å². The highest BCUT2D eigenvalue weighted by Gasteiger charge is 2.29. The second kappa shape index (κ2) is 10.2. The van der Waals surface area contributed by atoms with Gasteiger partial charge in [0.05, 0.1) is 11.3 Å². The summed E-state index contributed by atoms with van der Waals surface area (Å²) in [7, 11) is 0. The van der Waals surface area contributed by atoms with E-state index in [0.29, 0.717) is 11.4 Å². The van der Waals surface area contributed by atoms with Crippen LogP contribution in [-0.4, -0.2) is 24.3 Å². The summed E-state index contributed by atoms with van der Waals surface area (Å²) in [5.74, 6) is -1.29. The Kier molecular flexibility index (Phi) is 6.87. The molecule has 3 N–H and O–H groups in total. The maximum atomic E-state index is 13.7. The topological polar surface area (TPSA) is 96.5 Å². The third-order valence-electron chi connectivity index (χ3n) is 5.34. The fraction of sp³-hybridized carbons (Fsp3) is 0.192. The number of halogens is 1. The molecular formula is C26H24FN3O4. The quantitative estimate of drug-likeness (QED) is 0.451. The van der Waals surface area contributed by atoms with Crippen molar-refractivity contribution in [2.75, 3.05) is 22.6 Å². The first-order chi connectivity index (χ1) is 16.4. The van der Waals surface area contributed by atoms with Gasteiger partial charge in [-0.25, -0.2) is 4.39 Å². The van der Waals surface area contributed by atoms with Gasteiger partial charge in [0.1, 0.15) is 11.6 Å². The van der Waals surface area contributed by atoms with Crippen LogP contribution < -0.4 is 20.7 Å². The maximum Gasteiger partial charge on any atom is 0.262 e. The van der Waals surface area contributed by atoms with Crippen LogP contribution >= 0.6 is 0 Å². The second-order valence-electron chi connectivity index (χ2n) is 8.06. The van der Waals surface area contributed by atoms with Gasteiger partial charge in [0.2, 0.25) is 5.91 Å². The molecular weight excluding hydrogens is 437 g/mol. The first-order valence-corrected chi connectivity index (χ1v) is 10.9. The van der Waals surface area contributed by atoms with Crippen molar-refractivity contribution < 1.29 is 23.5 Å². The standard InChI is InChI=1S/C26H24FN3O4/c1-16-10-13-18(28-25(32)17-11-12-17)14-22(16)30-26(33)19-6-2-5-9-23(19)34-15-24(31)29-21-8-4-3-7-20(21)27/h2-10,13-14,17H,11-12,15H2,1H3,(H,28,32)(H,29,31)(H,30,33). The van der Waals surface area contributed by atoms with Crippen LogP contribution in [0.5, 0.6) is 5.75 Å². The van der Waals surface area contributed by atoms with E-state index in [-0.39, 0.29) is 28.8 Å². The number of hydrogen-bond donors (Lipinski definition) is 3. The van der Waals surface area contributed by atoms with Gasteiger partial charge in [0.25, 0.3) is 11.8 Å². The Balaban J connectivity index is 1.42.